The molecule has 0 saturated carbocycles. The molecule has 0 aromatic heterocycles. The molecule has 50 valence electrons. The monoisotopic (exact) mass is 283 g/mol. The fourth-order valence-electron chi connectivity index (χ4n) is 0.537. The molecule has 2 nitrogen and oxygen atoms in total. The van der Waals surface area contributed by atoms with Gasteiger partial charge in [0.05, 0.1) is 0 Å². The van der Waals surface area contributed by atoms with Crippen LogP contribution in [0.1, 0.15) is 0 Å². The molecule has 1 unspecified atom stereocenters. The van der Waals surface area contributed by atoms with Crippen LogP contribution >= 0.6 is 8.69 Å². The zero-order chi connectivity index (χ0) is 6.53. The van der Waals surface area contributed by atoms with Gasteiger partial charge in [0.15, 0.2) is 5.75 Å². The van der Waals surface area contributed by atoms with Gasteiger partial charge in [0.25, 0.3) is 0 Å². The van der Waals surface area contributed by atoms with E-state index >= 15 is 0 Å². The van der Waals surface area contributed by atoms with Crippen LogP contribution in [-0.4, -0.2) is 0 Å². The zero-order valence-corrected chi connectivity index (χ0v) is 9.41. The second-order valence-electron chi connectivity index (χ2n) is 1.50. The van der Waals surface area contributed by atoms with E-state index in [4.69, 9.17) is 0 Å². The van der Waals surface area contributed by atoms with Gasteiger partial charge in [0, 0.05) is 40.8 Å². The van der Waals surface area contributed by atoms with Gasteiger partial charge in [0.2, 0.25) is 0 Å². The molecule has 0 aliphatic rings. The SMILES string of the molecule is O=[PH+]Oc1ccccc1.[Nd]. The van der Waals surface area contributed by atoms with Crippen molar-refractivity contribution >= 4 is 8.69 Å². The third-order valence-electron chi connectivity index (χ3n) is 0.903. The summed E-state index contributed by atoms with van der Waals surface area (Å²) in [6.07, 6.45) is 0. The molecule has 1 aromatic carbocycles. The molecule has 0 aliphatic heterocycles. The molecule has 0 N–H and O–H groups in total. The van der Waals surface area contributed by atoms with Crippen LogP contribution in [0, 0.1) is 40.8 Å². The van der Waals surface area contributed by atoms with Gasteiger partial charge in [-0.05, 0) is 16.7 Å². The topological polar surface area (TPSA) is 26.3 Å². The maximum absolute atomic E-state index is 9.90. The van der Waals surface area contributed by atoms with Crippen LogP contribution in [0.4, 0.5) is 0 Å². The predicted octanol–water partition coefficient (Wildman–Crippen LogP) is 2.00. The van der Waals surface area contributed by atoms with Gasteiger partial charge in [-0.2, -0.15) is 0 Å². The molecule has 1 atom stereocenters. The van der Waals surface area contributed by atoms with Gasteiger partial charge in [-0.25, -0.2) is 0 Å². The maximum atomic E-state index is 9.90. The molecule has 1 rings (SSSR count). The van der Waals surface area contributed by atoms with E-state index in [0.29, 0.717) is 5.75 Å². The minimum Gasteiger partial charge on any atom is -0.256 e. The number of hydrogen-bond donors (Lipinski definition) is 0. The van der Waals surface area contributed by atoms with E-state index in [9.17, 15) is 4.57 Å². The molecule has 0 spiro atoms. The number of rotatable bonds is 2. The number of hydrogen-bond acceptors (Lipinski definition) is 2. The van der Waals surface area contributed by atoms with Crippen LogP contribution in [0.25, 0.3) is 0 Å². The molecule has 0 fully saturated rings. The van der Waals surface area contributed by atoms with Crippen LogP contribution in [0.5, 0.6) is 5.75 Å². The molecule has 0 amide bonds. The summed E-state index contributed by atoms with van der Waals surface area (Å²) in [4.78, 5) is 0. The third kappa shape index (κ3) is 3.59. The van der Waals surface area contributed by atoms with Gasteiger partial charge in [-0.3, -0.25) is 4.52 Å². The standard InChI is InChI=1S/C6H6O2P.Nd/c7-9-8-6-4-2-1-3-5-6;/h1-5,9H;/q+1;. The minimum atomic E-state index is -0.715. The Balaban J connectivity index is 0.000000810. The summed E-state index contributed by atoms with van der Waals surface area (Å²) in [5.41, 5.74) is 0. The van der Waals surface area contributed by atoms with Crippen LogP contribution < -0.4 is 4.52 Å². The summed E-state index contributed by atoms with van der Waals surface area (Å²) in [6.45, 7) is 0. The van der Waals surface area contributed by atoms with Crippen molar-refractivity contribution in [2.45, 2.75) is 0 Å². The summed E-state index contributed by atoms with van der Waals surface area (Å²) >= 11 is 0. The first-order valence-electron chi connectivity index (χ1n) is 2.52. The van der Waals surface area contributed by atoms with E-state index in [0.717, 1.165) is 0 Å². The molecular formula is C6H6NdO2P+. The Morgan fingerprint density at radius 1 is 1.20 bits per heavy atom. The normalized spacial score (nSPS) is 8.40. The molecule has 0 saturated heterocycles. The van der Waals surface area contributed by atoms with Crippen molar-refractivity contribution in [3.8, 4) is 5.75 Å². The van der Waals surface area contributed by atoms with E-state index in [1.165, 1.54) is 0 Å². The summed E-state index contributed by atoms with van der Waals surface area (Å²) in [5, 5.41) is 0. The molecular weight excluding hydrogens is 279 g/mol. The first-order chi connectivity index (χ1) is 4.43. The Morgan fingerprint density at radius 3 is 2.30 bits per heavy atom. The van der Waals surface area contributed by atoms with Crippen LogP contribution in [0.3, 0.4) is 0 Å². The zero-order valence-electron chi connectivity index (χ0n) is 5.20. The fourth-order valence-corrected chi connectivity index (χ4v) is 0.769. The van der Waals surface area contributed by atoms with Crippen molar-refractivity contribution in [3.05, 3.63) is 30.3 Å². The molecule has 10 heavy (non-hydrogen) atoms. The predicted molar refractivity (Wildman–Crippen MR) is 36.1 cm³/mol. The Morgan fingerprint density at radius 2 is 1.80 bits per heavy atom. The van der Waals surface area contributed by atoms with Gasteiger partial charge >= 0.3 is 8.69 Å². The van der Waals surface area contributed by atoms with E-state index < -0.39 is 8.69 Å². The summed E-state index contributed by atoms with van der Waals surface area (Å²) in [7, 11) is -0.715. The third-order valence-corrected chi connectivity index (χ3v) is 1.22. The van der Waals surface area contributed by atoms with Crippen molar-refractivity contribution in [2.24, 2.45) is 0 Å². The number of benzene rings is 1. The van der Waals surface area contributed by atoms with E-state index in [1.54, 1.807) is 12.1 Å². The van der Waals surface area contributed by atoms with Crippen molar-refractivity contribution in [3.63, 3.8) is 0 Å². The maximum Gasteiger partial charge on any atom is 0.542 e. The molecule has 0 bridgehead atoms. The van der Waals surface area contributed by atoms with Crippen LogP contribution in [-0.2, 0) is 4.57 Å². The molecule has 1 aromatic rings. The van der Waals surface area contributed by atoms with E-state index in [2.05, 4.69) is 4.52 Å². The quantitative estimate of drug-likeness (QED) is 0.777. The van der Waals surface area contributed by atoms with E-state index in [1.807, 2.05) is 18.2 Å². The summed E-state index contributed by atoms with van der Waals surface area (Å²) in [5.74, 6) is 0.644. The fraction of sp³-hybridized carbons (Fsp3) is 0. The number of para-hydroxylation sites is 1. The van der Waals surface area contributed by atoms with Gasteiger partial charge < -0.3 is 0 Å². The van der Waals surface area contributed by atoms with Crippen molar-refractivity contribution < 1.29 is 49.9 Å². The second-order valence-corrected chi connectivity index (χ2v) is 1.87. The van der Waals surface area contributed by atoms with Crippen LogP contribution in [0.15, 0.2) is 30.3 Å². The second kappa shape index (κ2) is 6.20. The Bertz CT molecular complexity index is 190. The molecule has 0 heterocycles. The summed E-state index contributed by atoms with van der Waals surface area (Å²) < 4.78 is 14.6. The van der Waals surface area contributed by atoms with Crippen molar-refractivity contribution in [2.75, 3.05) is 0 Å². The molecule has 4 heteroatoms. The summed E-state index contributed by atoms with van der Waals surface area (Å²) in [6, 6.07) is 9.04. The minimum absolute atomic E-state index is 0. The van der Waals surface area contributed by atoms with Gasteiger partial charge in [0.1, 0.15) is 0 Å². The van der Waals surface area contributed by atoms with Crippen LogP contribution in [0.2, 0.25) is 0 Å². The van der Waals surface area contributed by atoms with Crippen molar-refractivity contribution in [1.29, 1.82) is 0 Å². The first kappa shape index (κ1) is 10.5. The average molecular weight is 285 g/mol. The van der Waals surface area contributed by atoms with Crippen molar-refractivity contribution in [1.82, 2.24) is 0 Å². The largest absolute Gasteiger partial charge is 0.542 e. The molecule has 0 radical (unpaired) electrons. The van der Waals surface area contributed by atoms with Gasteiger partial charge in [-0.15, -0.1) is 0 Å². The Kier molecular flexibility index (Phi) is 6.49. The first-order valence-corrected chi connectivity index (χ1v) is 3.34. The Hall–Kier alpha value is 0.471. The molecule has 0 aliphatic carbocycles. The average Bonchev–Trinajstić information content (AvgIpc) is 1.91. The Labute approximate surface area is 93.8 Å². The smallest absolute Gasteiger partial charge is 0.256 e. The van der Waals surface area contributed by atoms with E-state index in [-0.39, 0.29) is 40.8 Å². The van der Waals surface area contributed by atoms with Gasteiger partial charge in [-0.1, -0.05) is 18.2 Å².